The summed E-state index contributed by atoms with van der Waals surface area (Å²) in [5.41, 5.74) is 6.38. The Bertz CT molecular complexity index is 750. The Kier molecular flexibility index (Phi) is 4.18. The molecule has 0 bridgehead atoms. The Labute approximate surface area is 121 Å². The van der Waals surface area contributed by atoms with E-state index in [2.05, 4.69) is 5.32 Å². The Morgan fingerprint density at radius 1 is 1.19 bits per heavy atom. The summed E-state index contributed by atoms with van der Waals surface area (Å²) < 4.78 is 1.38. The number of nitrogens with two attached hydrogens (primary N) is 1. The molecule has 0 spiro atoms. The van der Waals surface area contributed by atoms with Crippen LogP contribution in [-0.4, -0.2) is 16.4 Å². The van der Waals surface area contributed by atoms with E-state index in [9.17, 15) is 14.4 Å². The first-order valence-electron chi connectivity index (χ1n) is 6.31. The maximum atomic E-state index is 11.9. The van der Waals surface area contributed by atoms with Crippen LogP contribution in [-0.2, 0) is 13.6 Å². The third-order valence-corrected chi connectivity index (χ3v) is 3.03. The van der Waals surface area contributed by atoms with Crippen LogP contribution in [0, 0.1) is 0 Å². The number of carbonyl (C=O) groups is 2. The highest BCUT2D eigenvalue weighted by molar-refractivity contribution is 5.94. The maximum Gasteiger partial charge on any atom is 0.251 e. The molecule has 1 aromatic carbocycles. The van der Waals surface area contributed by atoms with Crippen LogP contribution in [0.3, 0.4) is 0 Å². The molecule has 6 nitrogen and oxygen atoms in total. The molecule has 2 rings (SSSR count). The van der Waals surface area contributed by atoms with Crippen molar-refractivity contribution < 1.29 is 9.59 Å². The van der Waals surface area contributed by atoms with Crippen molar-refractivity contribution in [2.45, 2.75) is 6.54 Å². The number of benzene rings is 1. The molecule has 0 radical (unpaired) electrons. The zero-order chi connectivity index (χ0) is 15.4. The van der Waals surface area contributed by atoms with Gasteiger partial charge >= 0.3 is 0 Å². The highest BCUT2D eigenvalue weighted by Crippen LogP contribution is 2.05. The summed E-state index contributed by atoms with van der Waals surface area (Å²) in [4.78, 5) is 34.5. The number of nitrogens with zero attached hydrogens (tertiary/aromatic N) is 1. The highest BCUT2D eigenvalue weighted by Gasteiger charge is 2.07. The van der Waals surface area contributed by atoms with E-state index >= 15 is 0 Å². The Morgan fingerprint density at radius 2 is 1.95 bits per heavy atom. The average molecular weight is 285 g/mol. The molecule has 0 unspecified atom stereocenters. The van der Waals surface area contributed by atoms with Gasteiger partial charge in [-0.05, 0) is 23.8 Å². The van der Waals surface area contributed by atoms with Crippen LogP contribution in [0.1, 0.15) is 26.3 Å². The van der Waals surface area contributed by atoms with Crippen molar-refractivity contribution in [1.29, 1.82) is 0 Å². The van der Waals surface area contributed by atoms with Gasteiger partial charge in [0.1, 0.15) is 0 Å². The third-order valence-electron chi connectivity index (χ3n) is 3.03. The number of pyridine rings is 1. The number of hydrogen-bond acceptors (Lipinski definition) is 3. The molecule has 6 heteroatoms. The van der Waals surface area contributed by atoms with Crippen molar-refractivity contribution in [1.82, 2.24) is 9.88 Å². The monoisotopic (exact) mass is 285 g/mol. The Morgan fingerprint density at radius 3 is 2.62 bits per heavy atom. The number of hydrogen-bond donors (Lipinski definition) is 2. The van der Waals surface area contributed by atoms with Gasteiger partial charge < -0.3 is 15.6 Å². The molecule has 0 fully saturated rings. The lowest BCUT2D eigenvalue weighted by Gasteiger charge is -2.07. The van der Waals surface area contributed by atoms with Crippen LogP contribution in [0.2, 0.25) is 0 Å². The van der Waals surface area contributed by atoms with Gasteiger partial charge in [0.2, 0.25) is 5.91 Å². The number of amides is 2. The first kappa shape index (κ1) is 14.5. The number of rotatable bonds is 4. The number of nitrogens with one attached hydrogen (secondary N) is 1. The van der Waals surface area contributed by atoms with E-state index in [0.29, 0.717) is 11.1 Å². The first-order chi connectivity index (χ1) is 9.97. The lowest BCUT2D eigenvalue weighted by atomic mass is 10.1. The van der Waals surface area contributed by atoms with Crippen molar-refractivity contribution in [2.75, 3.05) is 0 Å². The van der Waals surface area contributed by atoms with Crippen molar-refractivity contribution >= 4 is 11.8 Å². The van der Waals surface area contributed by atoms with Crippen LogP contribution < -0.4 is 16.6 Å². The van der Waals surface area contributed by atoms with Gasteiger partial charge in [-0.3, -0.25) is 14.4 Å². The lowest BCUT2D eigenvalue weighted by molar-refractivity contribution is 0.0950. The molecule has 0 aliphatic heterocycles. The second-order valence-electron chi connectivity index (χ2n) is 4.61. The largest absolute Gasteiger partial charge is 0.366 e. The summed E-state index contributed by atoms with van der Waals surface area (Å²) in [7, 11) is 1.61. The predicted molar refractivity (Wildman–Crippen MR) is 77.8 cm³/mol. The van der Waals surface area contributed by atoms with Gasteiger partial charge in [-0.1, -0.05) is 12.1 Å². The molecule has 1 heterocycles. The van der Waals surface area contributed by atoms with Crippen LogP contribution in [0.4, 0.5) is 0 Å². The average Bonchev–Trinajstić information content (AvgIpc) is 2.48. The molecular weight excluding hydrogens is 270 g/mol. The summed E-state index contributed by atoms with van der Waals surface area (Å²) in [5.74, 6) is -0.869. The van der Waals surface area contributed by atoms with Crippen LogP contribution in [0.25, 0.3) is 0 Å². The zero-order valence-corrected chi connectivity index (χ0v) is 11.5. The van der Waals surface area contributed by atoms with Crippen molar-refractivity contribution in [3.05, 3.63) is 69.6 Å². The zero-order valence-electron chi connectivity index (χ0n) is 11.5. The smallest absolute Gasteiger partial charge is 0.251 e. The van der Waals surface area contributed by atoms with E-state index in [4.69, 9.17) is 5.73 Å². The second-order valence-corrected chi connectivity index (χ2v) is 4.61. The maximum absolute atomic E-state index is 11.9. The van der Waals surface area contributed by atoms with E-state index in [1.807, 2.05) is 0 Å². The third kappa shape index (κ3) is 3.56. The summed E-state index contributed by atoms with van der Waals surface area (Å²) in [6.07, 6.45) is 1.53. The quantitative estimate of drug-likeness (QED) is 0.852. The first-order valence-corrected chi connectivity index (χ1v) is 6.31. The molecule has 0 saturated carbocycles. The molecule has 0 aliphatic carbocycles. The number of aryl methyl sites for hydroxylation is 1. The molecule has 108 valence electrons. The summed E-state index contributed by atoms with van der Waals surface area (Å²) in [6, 6.07) is 9.53. The minimum Gasteiger partial charge on any atom is -0.366 e. The van der Waals surface area contributed by atoms with Crippen LogP contribution >= 0.6 is 0 Å². The van der Waals surface area contributed by atoms with E-state index in [0.717, 1.165) is 5.56 Å². The molecule has 21 heavy (non-hydrogen) atoms. The van der Waals surface area contributed by atoms with Crippen LogP contribution in [0.5, 0.6) is 0 Å². The van der Waals surface area contributed by atoms with Gasteiger partial charge in [0.15, 0.2) is 0 Å². The van der Waals surface area contributed by atoms with Gasteiger partial charge in [0.05, 0.1) is 0 Å². The van der Waals surface area contributed by atoms with Gasteiger partial charge in [-0.2, -0.15) is 0 Å². The molecule has 0 aliphatic rings. The predicted octanol–water partition coefficient (Wildman–Crippen LogP) is 0.414. The minimum absolute atomic E-state index is 0.245. The van der Waals surface area contributed by atoms with Crippen LogP contribution in [0.15, 0.2) is 47.4 Å². The van der Waals surface area contributed by atoms with Gasteiger partial charge in [0, 0.05) is 37.0 Å². The minimum atomic E-state index is -0.519. The van der Waals surface area contributed by atoms with E-state index in [1.54, 1.807) is 37.4 Å². The van der Waals surface area contributed by atoms with E-state index < -0.39 is 5.91 Å². The SMILES string of the molecule is Cn1ccc(C(=O)NCc2cccc(C(N)=O)c2)cc1=O. The van der Waals surface area contributed by atoms with Gasteiger partial charge in [-0.25, -0.2) is 0 Å². The number of carbonyl (C=O) groups excluding carboxylic acids is 2. The summed E-state index contributed by atoms with van der Waals surface area (Å²) >= 11 is 0. The molecule has 0 saturated heterocycles. The molecule has 2 amide bonds. The van der Waals surface area contributed by atoms with Crippen molar-refractivity contribution in [3.8, 4) is 0 Å². The lowest BCUT2D eigenvalue weighted by Crippen LogP contribution is -2.25. The Balaban J connectivity index is 2.07. The van der Waals surface area contributed by atoms with Gasteiger partial charge in [0.25, 0.3) is 11.5 Å². The fourth-order valence-corrected chi connectivity index (χ4v) is 1.81. The molecule has 0 atom stereocenters. The topological polar surface area (TPSA) is 94.2 Å². The number of aromatic nitrogens is 1. The molecule has 2 aromatic rings. The Hall–Kier alpha value is -2.89. The van der Waals surface area contributed by atoms with Crippen molar-refractivity contribution in [2.24, 2.45) is 12.8 Å². The highest BCUT2D eigenvalue weighted by atomic mass is 16.2. The fraction of sp³-hybridized carbons (Fsp3) is 0.133. The normalized spacial score (nSPS) is 10.1. The van der Waals surface area contributed by atoms with E-state index in [-0.39, 0.29) is 18.0 Å². The summed E-state index contributed by atoms with van der Waals surface area (Å²) in [5, 5.41) is 2.69. The molecule has 1 aromatic heterocycles. The van der Waals surface area contributed by atoms with E-state index in [1.165, 1.54) is 16.8 Å². The summed E-state index contributed by atoms with van der Waals surface area (Å²) in [6.45, 7) is 0.245. The van der Waals surface area contributed by atoms with Gasteiger partial charge in [-0.15, -0.1) is 0 Å². The fourth-order valence-electron chi connectivity index (χ4n) is 1.81. The molecule has 3 N–H and O–H groups in total. The molecular formula is C15H15N3O3. The standard InChI is InChI=1S/C15H15N3O3/c1-18-6-5-12(8-13(18)19)15(21)17-9-10-3-2-4-11(7-10)14(16)20/h2-8H,9H2,1H3,(H2,16,20)(H,17,21). The number of primary amides is 1. The van der Waals surface area contributed by atoms with Crippen molar-refractivity contribution in [3.63, 3.8) is 0 Å². The second kappa shape index (κ2) is 6.04.